The van der Waals surface area contributed by atoms with Crippen LogP contribution in [0.25, 0.3) is 0 Å². The van der Waals surface area contributed by atoms with E-state index in [2.05, 4.69) is 0 Å². The molecule has 2 N–H and O–H groups in total. The van der Waals surface area contributed by atoms with Crippen LogP contribution in [0, 0.1) is 0 Å². The standard InChI is InChI=1S/C11H17ClN2O3S/c1-3-14(6-7-17-2)18(15,16)11-8-9(12)4-5-10(11)13/h4-5,8H,3,6-7,13H2,1-2H3. The van der Waals surface area contributed by atoms with Crippen LogP contribution in [-0.4, -0.2) is 39.5 Å². The number of nitrogens with two attached hydrogens (primary N) is 1. The Morgan fingerprint density at radius 2 is 2.11 bits per heavy atom. The fourth-order valence-corrected chi connectivity index (χ4v) is 3.32. The second kappa shape index (κ2) is 6.38. The molecule has 0 radical (unpaired) electrons. The highest BCUT2D eigenvalue weighted by Gasteiger charge is 2.25. The van der Waals surface area contributed by atoms with Crippen LogP contribution in [0.5, 0.6) is 0 Å². The third-order valence-corrected chi connectivity index (χ3v) is 4.76. The summed E-state index contributed by atoms with van der Waals surface area (Å²) < 4.78 is 30.9. The smallest absolute Gasteiger partial charge is 0.245 e. The van der Waals surface area contributed by atoms with Gasteiger partial charge in [-0.25, -0.2) is 8.42 Å². The van der Waals surface area contributed by atoms with E-state index in [1.807, 2.05) is 0 Å². The molecule has 1 rings (SSSR count). The van der Waals surface area contributed by atoms with Gasteiger partial charge in [-0.2, -0.15) is 4.31 Å². The van der Waals surface area contributed by atoms with Crippen LogP contribution in [0.2, 0.25) is 5.02 Å². The maximum absolute atomic E-state index is 12.4. The predicted molar refractivity (Wildman–Crippen MR) is 72.2 cm³/mol. The van der Waals surface area contributed by atoms with Crippen molar-refractivity contribution < 1.29 is 13.2 Å². The molecule has 0 aliphatic rings. The van der Waals surface area contributed by atoms with Gasteiger partial charge in [-0.15, -0.1) is 0 Å². The topological polar surface area (TPSA) is 72.6 Å². The Morgan fingerprint density at radius 3 is 2.67 bits per heavy atom. The van der Waals surface area contributed by atoms with Crippen LogP contribution in [0.1, 0.15) is 6.92 Å². The van der Waals surface area contributed by atoms with Crippen molar-refractivity contribution in [1.82, 2.24) is 4.31 Å². The molecule has 1 aromatic rings. The van der Waals surface area contributed by atoms with Crippen molar-refractivity contribution >= 4 is 27.3 Å². The first-order chi connectivity index (χ1) is 8.43. The highest BCUT2D eigenvalue weighted by atomic mass is 35.5. The van der Waals surface area contributed by atoms with Crippen LogP contribution in [0.3, 0.4) is 0 Å². The largest absolute Gasteiger partial charge is 0.398 e. The Labute approximate surface area is 113 Å². The fourth-order valence-electron chi connectivity index (χ4n) is 1.51. The summed E-state index contributed by atoms with van der Waals surface area (Å²) in [7, 11) is -2.11. The van der Waals surface area contributed by atoms with E-state index in [9.17, 15) is 8.42 Å². The molecule has 0 bridgehead atoms. The Morgan fingerprint density at radius 1 is 1.44 bits per heavy atom. The number of ether oxygens (including phenoxy) is 1. The van der Waals surface area contributed by atoms with E-state index in [0.717, 1.165) is 0 Å². The van der Waals surface area contributed by atoms with Gasteiger partial charge < -0.3 is 10.5 Å². The van der Waals surface area contributed by atoms with Gasteiger partial charge in [0.15, 0.2) is 0 Å². The lowest BCUT2D eigenvalue weighted by Crippen LogP contribution is -2.34. The number of rotatable bonds is 6. The zero-order chi connectivity index (χ0) is 13.8. The molecule has 1 aromatic carbocycles. The molecule has 0 spiro atoms. The minimum Gasteiger partial charge on any atom is -0.398 e. The minimum absolute atomic E-state index is 0.0351. The summed E-state index contributed by atoms with van der Waals surface area (Å²) in [4.78, 5) is 0.0351. The van der Waals surface area contributed by atoms with Gasteiger partial charge >= 0.3 is 0 Å². The Hall–Kier alpha value is -0.820. The third-order valence-electron chi connectivity index (χ3n) is 2.49. The summed E-state index contributed by atoms with van der Waals surface area (Å²) >= 11 is 5.81. The maximum atomic E-state index is 12.4. The minimum atomic E-state index is -3.63. The lowest BCUT2D eigenvalue weighted by atomic mass is 10.3. The van der Waals surface area contributed by atoms with Crippen molar-refractivity contribution in [3.63, 3.8) is 0 Å². The molecule has 0 saturated heterocycles. The molecule has 0 amide bonds. The lowest BCUT2D eigenvalue weighted by molar-refractivity contribution is 0.180. The monoisotopic (exact) mass is 292 g/mol. The molecule has 0 aliphatic heterocycles. The number of likely N-dealkylation sites (N-methyl/N-ethyl adjacent to an activating group) is 1. The summed E-state index contributed by atoms with van der Waals surface area (Å²) in [6.07, 6.45) is 0. The lowest BCUT2D eigenvalue weighted by Gasteiger charge is -2.21. The molecule has 0 saturated carbocycles. The van der Waals surface area contributed by atoms with Crippen molar-refractivity contribution in [1.29, 1.82) is 0 Å². The Balaban J connectivity index is 3.14. The van der Waals surface area contributed by atoms with Gasteiger partial charge in [-0.05, 0) is 18.2 Å². The highest BCUT2D eigenvalue weighted by Crippen LogP contribution is 2.25. The number of sulfonamides is 1. The zero-order valence-corrected chi connectivity index (χ0v) is 12.0. The number of anilines is 1. The first kappa shape index (κ1) is 15.2. The number of hydrogen-bond donors (Lipinski definition) is 1. The summed E-state index contributed by atoms with van der Waals surface area (Å²) in [6, 6.07) is 4.41. The number of nitrogen functional groups attached to an aromatic ring is 1. The molecular weight excluding hydrogens is 276 g/mol. The van der Waals surface area contributed by atoms with Gasteiger partial charge in [0.2, 0.25) is 10.0 Å². The molecule has 0 fully saturated rings. The maximum Gasteiger partial charge on any atom is 0.245 e. The van der Waals surface area contributed by atoms with Gasteiger partial charge in [0.25, 0.3) is 0 Å². The molecule has 0 atom stereocenters. The molecular formula is C11H17ClN2O3S. The summed E-state index contributed by atoms with van der Waals surface area (Å²) in [6.45, 7) is 2.71. The van der Waals surface area contributed by atoms with E-state index in [-0.39, 0.29) is 17.1 Å². The van der Waals surface area contributed by atoms with Crippen molar-refractivity contribution in [2.75, 3.05) is 32.5 Å². The van der Waals surface area contributed by atoms with Gasteiger partial charge in [-0.3, -0.25) is 0 Å². The van der Waals surface area contributed by atoms with Crippen LogP contribution >= 0.6 is 11.6 Å². The van der Waals surface area contributed by atoms with E-state index in [0.29, 0.717) is 18.2 Å². The Kier molecular flexibility index (Phi) is 5.40. The summed E-state index contributed by atoms with van der Waals surface area (Å²) in [5.74, 6) is 0. The van der Waals surface area contributed by atoms with E-state index in [1.165, 1.54) is 23.5 Å². The van der Waals surface area contributed by atoms with Crippen molar-refractivity contribution in [3.05, 3.63) is 23.2 Å². The SMILES string of the molecule is CCN(CCOC)S(=O)(=O)c1cc(Cl)ccc1N. The molecule has 18 heavy (non-hydrogen) atoms. The summed E-state index contributed by atoms with van der Waals surface area (Å²) in [5.41, 5.74) is 5.89. The van der Waals surface area contributed by atoms with Crippen molar-refractivity contribution in [2.45, 2.75) is 11.8 Å². The molecule has 0 aliphatic carbocycles. The predicted octanol–water partition coefficient (Wildman–Crippen LogP) is 1.58. The van der Waals surface area contributed by atoms with Crippen LogP contribution in [-0.2, 0) is 14.8 Å². The first-order valence-corrected chi connectivity index (χ1v) is 7.29. The zero-order valence-electron chi connectivity index (χ0n) is 10.4. The van der Waals surface area contributed by atoms with E-state index < -0.39 is 10.0 Å². The van der Waals surface area contributed by atoms with E-state index >= 15 is 0 Å². The van der Waals surface area contributed by atoms with Crippen LogP contribution in [0.15, 0.2) is 23.1 Å². The molecule has 0 aromatic heterocycles. The molecule has 5 nitrogen and oxygen atoms in total. The molecule has 102 valence electrons. The van der Waals surface area contributed by atoms with Crippen LogP contribution in [0.4, 0.5) is 5.69 Å². The number of methoxy groups -OCH3 is 1. The Bertz CT molecular complexity index is 505. The van der Waals surface area contributed by atoms with Gasteiger partial charge in [0.1, 0.15) is 4.90 Å². The number of nitrogens with zero attached hydrogens (tertiary/aromatic N) is 1. The second-order valence-electron chi connectivity index (χ2n) is 3.67. The number of hydrogen-bond acceptors (Lipinski definition) is 4. The quantitative estimate of drug-likeness (QED) is 0.808. The number of halogens is 1. The van der Waals surface area contributed by atoms with Crippen molar-refractivity contribution in [3.8, 4) is 0 Å². The fraction of sp³-hybridized carbons (Fsp3) is 0.455. The first-order valence-electron chi connectivity index (χ1n) is 5.47. The van der Waals surface area contributed by atoms with Gasteiger partial charge in [0.05, 0.1) is 12.3 Å². The van der Waals surface area contributed by atoms with Gasteiger partial charge in [0, 0.05) is 25.2 Å². The molecule has 7 heteroatoms. The summed E-state index contributed by atoms with van der Waals surface area (Å²) in [5, 5.41) is 0.338. The highest BCUT2D eigenvalue weighted by molar-refractivity contribution is 7.89. The number of benzene rings is 1. The van der Waals surface area contributed by atoms with Gasteiger partial charge in [-0.1, -0.05) is 18.5 Å². The van der Waals surface area contributed by atoms with E-state index in [4.69, 9.17) is 22.1 Å². The molecule has 0 unspecified atom stereocenters. The average molecular weight is 293 g/mol. The normalized spacial score (nSPS) is 12.0. The average Bonchev–Trinajstić information content (AvgIpc) is 2.33. The van der Waals surface area contributed by atoms with E-state index in [1.54, 1.807) is 13.0 Å². The van der Waals surface area contributed by atoms with Crippen molar-refractivity contribution in [2.24, 2.45) is 0 Å². The molecule has 0 heterocycles. The second-order valence-corrected chi connectivity index (χ2v) is 6.01. The van der Waals surface area contributed by atoms with Crippen LogP contribution < -0.4 is 5.73 Å². The third kappa shape index (κ3) is 3.35.